The number of aromatic nitrogens is 1. The molecule has 2 amide bonds. The molecule has 0 fully saturated rings. The number of aromatic amines is 1. The minimum Gasteiger partial charge on any atom is -0.356 e. The molecule has 0 radical (unpaired) electrons. The van der Waals surface area contributed by atoms with E-state index in [1.54, 1.807) is 0 Å². The average Bonchev–Trinajstić information content (AvgIpc) is 3.00. The first kappa shape index (κ1) is 16.7. The molecule has 0 aliphatic carbocycles. The Morgan fingerprint density at radius 3 is 2.62 bits per heavy atom. The van der Waals surface area contributed by atoms with Crippen LogP contribution in [0.15, 0.2) is 48.5 Å². The van der Waals surface area contributed by atoms with Gasteiger partial charge in [0.05, 0.1) is 6.04 Å². The highest BCUT2D eigenvalue weighted by molar-refractivity contribution is 5.86. The summed E-state index contributed by atoms with van der Waals surface area (Å²) in [7, 11) is 0. The van der Waals surface area contributed by atoms with Gasteiger partial charge in [0, 0.05) is 29.2 Å². The lowest BCUT2D eigenvalue weighted by molar-refractivity contribution is 0.177. The zero-order valence-corrected chi connectivity index (χ0v) is 15.5. The van der Waals surface area contributed by atoms with Crippen molar-refractivity contribution in [2.24, 2.45) is 0 Å². The fourth-order valence-corrected chi connectivity index (χ4v) is 3.88. The van der Waals surface area contributed by atoms with Crippen LogP contribution in [0.2, 0.25) is 0 Å². The van der Waals surface area contributed by atoms with E-state index in [0.717, 1.165) is 23.2 Å². The zero-order chi connectivity index (χ0) is 18.3. The Bertz CT molecular complexity index is 940. The number of amides is 2. The van der Waals surface area contributed by atoms with Crippen molar-refractivity contribution in [2.75, 3.05) is 6.54 Å². The molecule has 0 bridgehead atoms. The number of H-pyrrole nitrogens is 1. The van der Waals surface area contributed by atoms with E-state index in [-0.39, 0.29) is 18.1 Å². The van der Waals surface area contributed by atoms with Crippen LogP contribution in [0.5, 0.6) is 0 Å². The number of hydrogen-bond acceptors (Lipinski definition) is 1. The second kappa shape index (κ2) is 6.52. The Balaban J connectivity index is 1.84. The molecule has 1 atom stereocenters. The van der Waals surface area contributed by atoms with Gasteiger partial charge in [-0.2, -0.15) is 0 Å². The molecule has 1 unspecified atom stereocenters. The summed E-state index contributed by atoms with van der Waals surface area (Å²) in [5.41, 5.74) is 5.97. The van der Waals surface area contributed by atoms with Gasteiger partial charge < -0.3 is 15.2 Å². The predicted octanol–water partition coefficient (Wildman–Crippen LogP) is 4.54. The quantitative estimate of drug-likeness (QED) is 0.702. The van der Waals surface area contributed by atoms with Crippen LogP contribution < -0.4 is 5.32 Å². The third-order valence-electron chi connectivity index (χ3n) is 5.10. The van der Waals surface area contributed by atoms with Crippen molar-refractivity contribution in [1.82, 2.24) is 15.2 Å². The van der Waals surface area contributed by atoms with Crippen LogP contribution in [-0.2, 0) is 6.42 Å². The molecule has 1 aromatic heterocycles. The molecular formula is C22H25N3O. The van der Waals surface area contributed by atoms with Gasteiger partial charge in [0.25, 0.3) is 0 Å². The first-order valence-electron chi connectivity index (χ1n) is 9.28. The maximum absolute atomic E-state index is 12.9. The Labute approximate surface area is 154 Å². The van der Waals surface area contributed by atoms with Crippen molar-refractivity contribution in [3.63, 3.8) is 0 Å². The van der Waals surface area contributed by atoms with Crippen molar-refractivity contribution < 1.29 is 4.79 Å². The summed E-state index contributed by atoms with van der Waals surface area (Å²) in [5.74, 6) is 0. The summed E-state index contributed by atoms with van der Waals surface area (Å²) < 4.78 is 0. The van der Waals surface area contributed by atoms with E-state index in [0.29, 0.717) is 6.54 Å². The number of para-hydroxylation sites is 1. The first-order valence-corrected chi connectivity index (χ1v) is 9.28. The fraction of sp³-hybridized carbons (Fsp3) is 0.318. The lowest BCUT2D eigenvalue weighted by atomic mass is 9.92. The standard InChI is InChI=1S/C22H25N3O/c1-14(2)23-22(26)25-13-12-18-17-6-4-5-7-19(17)24-20(18)21(25)16-10-8-15(3)9-11-16/h4-11,14,21,24H,12-13H2,1-3H3,(H,23,26). The van der Waals surface area contributed by atoms with E-state index < -0.39 is 0 Å². The third-order valence-corrected chi connectivity index (χ3v) is 5.10. The lowest BCUT2D eigenvalue weighted by Gasteiger charge is -2.36. The van der Waals surface area contributed by atoms with Crippen molar-refractivity contribution in [1.29, 1.82) is 0 Å². The monoisotopic (exact) mass is 347 g/mol. The number of benzene rings is 2. The van der Waals surface area contributed by atoms with Crippen LogP contribution in [-0.4, -0.2) is 28.5 Å². The van der Waals surface area contributed by atoms with Crippen LogP contribution in [0.4, 0.5) is 4.79 Å². The van der Waals surface area contributed by atoms with Crippen LogP contribution in [0.3, 0.4) is 0 Å². The van der Waals surface area contributed by atoms with E-state index in [2.05, 4.69) is 65.8 Å². The number of carbonyl (C=O) groups is 1. The molecule has 4 rings (SSSR count). The number of urea groups is 1. The molecule has 2 heterocycles. The van der Waals surface area contributed by atoms with Crippen molar-refractivity contribution >= 4 is 16.9 Å². The number of hydrogen-bond donors (Lipinski definition) is 2. The van der Waals surface area contributed by atoms with E-state index in [1.807, 2.05) is 18.7 Å². The molecule has 3 aromatic rings. The van der Waals surface area contributed by atoms with Crippen LogP contribution in [0.1, 0.15) is 42.3 Å². The van der Waals surface area contributed by atoms with E-state index in [9.17, 15) is 4.79 Å². The molecule has 134 valence electrons. The van der Waals surface area contributed by atoms with Gasteiger partial charge in [-0.25, -0.2) is 4.79 Å². The molecule has 0 saturated carbocycles. The number of rotatable bonds is 2. The molecule has 0 saturated heterocycles. The molecule has 2 N–H and O–H groups in total. The van der Waals surface area contributed by atoms with Gasteiger partial charge in [0.2, 0.25) is 0 Å². The predicted molar refractivity (Wildman–Crippen MR) is 105 cm³/mol. The third kappa shape index (κ3) is 2.85. The summed E-state index contributed by atoms with van der Waals surface area (Å²) in [6.45, 7) is 6.79. The number of nitrogens with zero attached hydrogens (tertiary/aromatic N) is 1. The number of nitrogens with one attached hydrogen (secondary N) is 2. The molecule has 4 heteroatoms. The zero-order valence-electron chi connectivity index (χ0n) is 15.5. The Morgan fingerprint density at radius 2 is 1.88 bits per heavy atom. The second-order valence-electron chi connectivity index (χ2n) is 7.42. The minimum absolute atomic E-state index is 0.00474. The van der Waals surface area contributed by atoms with Gasteiger partial charge in [-0.15, -0.1) is 0 Å². The maximum atomic E-state index is 12.9. The summed E-state index contributed by atoms with van der Waals surface area (Å²) in [5, 5.41) is 4.33. The van der Waals surface area contributed by atoms with Crippen LogP contribution in [0, 0.1) is 6.92 Å². The maximum Gasteiger partial charge on any atom is 0.318 e. The van der Waals surface area contributed by atoms with E-state index in [1.165, 1.54) is 16.5 Å². The highest BCUT2D eigenvalue weighted by Crippen LogP contribution is 2.38. The molecule has 1 aliphatic rings. The molecule has 26 heavy (non-hydrogen) atoms. The van der Waals surface area contributed by atoms with Crippen molar-refractivity contribution in [3.05, 3.63) is 70.9 Å². The summed E-state index contributed by atoms with van der Waals surface area (Å²) in [6, 6.07) is 16.9. The molecule has 2 aromatic carbocycles. The Hall–Kier alpha value is -2.75. The summed E-state index contributed by atoms with van der Waals surface area (Å²) in [4.78, 5) is 18.4. The van der Waals surface area contributed by atoms with Crippen LogP contribution in [0.25, 0.3) is 10.9 Å². The fourth-order valence-electron chi connectivity index (χ4n) is 3.88. The number of fused-ring (bicyclic) bond motifs is 3. The van der Waals surface area contributed by atoms with Gasteiger partial charge in [-0.1, -0.05) is 48.0 Å². The Morgan fingerprint density at radius 1 is 1.15 bits per heavy atom. The van der Waals surface area contributed by atoms with Gasteiger partial charge in [-0.05, 0) is 44.4 Å². The minimum atomic E-state index is -0.0921. The first-order chi connectivity index (χ1) is 12.5. The van der Waals surface area contributed by atoms with Gasteiger partial charge in [0.15, 0.2) is 0 Å². The molecule has 0 spiro atoms. The second-order valence-corrected chi connectivity index (χ2v) is 7.42. The number of carbonyl (C=O) groups excluding carboxylic acids is 1. The lowest BCUT2D eigenvalue weighted by Crippen LogP contribution is -2.47. The van der Waals surface area contributed by atoms with Gasteiger partial charge in [0.1, 0.15) is 0 Å². The Kier molecular flexibility index (Phi) is 4.19. The summed E-state index contributed by atoms with van der Waals surface area (Å²) >= 11 is 0. The smallest absolute Gasteiger partial charge is 0.318 e. The molecule has 1 aliphatic heterocycles. The SMILES string of the molecule is Cc1ccc(C2c3[nH]c4ccccc4c3CCN2C(=O)NC(C)C)cc1. The topological polar surface area (TPSA) is 48.1 Å². The highest BCUT2D eigenvalue weighted by atomic mass is 16.2. The summed E-state index contributed by atoms with van der Waals surface area (Å²) in [6.07, 6.45) is 0.868. The normalized spacial score (nSPS) is 16.8. The van der Waals surface area contributed by atoms with Gasteiger partial charge >= 0.3 is 6.03 Å². The number of aryl methyl sites for hydroxylation is 1. The average molecular weight is 347 g/mol. The van der Waals surface area contributed by atoms with E-state index >= 15 is 0 Å². The van der Waals surface area contributed by atoms with Crippen LogP contribution >= 0.6 is 0 Å². The van der Waals surface area contributed by atoms with Crippen molar-refractivity contribution in [3.8, 4) is 0 Å². The van der Waals surface area contributed by atoms with E-state index in [4.69, 9.17) is 0 Å². The highest BCUT2D eigenvalue weighted by Gasteiger charge is 2.34. The largest absolute Gasteiger partial charge is 0.356 e. The molecule has 4 nitrogen and oxygen atoms in total. The van der Waals surface area contributed by atoms with Gasteiger partial charge in [-0.3, -0.25) is 0 Å². The molecular weight excluding hydrogens is 322 g/mol. The van der Waals surface area contributed by atoms with Crippen molar-refractivity contribution in [2.45, 2.75) is 39.3 Å².